The molecular formula is C17H20N2O4S. The topological polar surface area (TPSA) is 85.4 Å². The molecular weight excluding hydrogens is 328 g/mol. The lowest BCUT2D eigenvalue weighted by Gasteiger charge is -2.07. The summed E-state index contributed by atoms with van der Waals surface area (Å²) in [7, 11) is -3.20. The molecule has 0 bridgehead atoms. The van der Waals surface area contributed by atoms with Crippen molar-refractivity contribution in [3.8, 4) is 5.75 Å². The van der Waals surface area contributed by atoms with Crippen molar-refractivity contribution in [3.05, 3.63) is 48.2 Å². The molecule has 0 spiro atoms. The second-order valence-corrected chi connectivity index (χ2v) is 7.48. The van der Waals surface area contributed by atoms with Crippen LogP contribution >= 0.6 is 0 Å². The highest BCUT2D eigenvalue weighted by Crippen LogP contribution is 2.16. The minimum atomic E-state index is -3.20. The van der Waals surface area contributed by atoms with Gasteiger partial charge in [-0.3, -0.25) is 4.79 Å². The Labute approximate surface area is 141 Å². The van der Waals surface area contributed by atoms with Gasteiger partial charge in [0.1, 0.15) is 11.6 Å². The molecule has 0 radical (unpaired) electrons. The first-order chi connectivity index (χ1) is 11.3. The molecule has 0 saturated heterocycles. The molecule has 0 aliphatic carbocycles. The Kier molecular flexibility index (Phi) is 5.92. The number of ether oxygens (including phenoxy) is 1. The fraction of sp³-hybridized carbons (Fsp3) is 0.294. The van der Waals surface area contributed by atoms with Gasteiger partial charge in [-0.2, -0.15) is 0 Å². The highest BCUT2D eigenvalue weighted by Gasteiger charge is 2.07. The van der Waals surface area contributed by atoms with E-state index in [0.717, 1.165) is 11.8 Å². The van der Waals surface area contributed by atoms with Gasteiger partial charge in [0.2, 0.25) is 5.91 Å². The van der Waals surface area contributed by atoms with Crippen molar-refractivity contribution < 1.29 is 17.9 Å². The van der Waals surface area contributed by atoms with Crippen LogP contribution < -0.4 is 10.1 Å². The predicted molar refractivity (Wildman–Crippen MR) is 91.9 cm³/mol. The van der Waals surface area contributed by atoms with Gasteiger partial charge in [-0.1, -0.05) is 6.07 Å². The number of pyridine rings is 1. The van der Waals surface area contributed by atoms with Crippen molar-refractivity contribution >= 4 is 21.6 Å². The van der Waals surface area contributed by atoms with E-state index < -0.39 is 9.84 Å². The number of hydrogen-bond acceptors (Lipinski definition) is 5. The Hall–Kier alpha value is -2.41. The van der Waals surface area contributed by atoms with Crippen molar-refractivity contribution in [1.82, 2.24) is 4.98 Å². The van der Waals surface area contributed by atoms with Crippen LogP contribution in [0.5, 0.6) is 5.75 Å². The molecule has 0 unspecified atom stereocenters. The molecule has 6 nitrogen and oxygen atoms in total. The Morgan fingerprint density at radius 3 is 2.46 bits per heavy atom. The normalized spacial score (nSPS) is 11.1. The van der Waals surface area contributed by atoms with E-state index in [4.69, 9.17) is 4.74 Å². The lowest BCUT2D eigenvalue weighted by atomic mass is 10.3. The second-order valence-electron chi connectivity index (χ2n) is 5.46. The maximum Gasteiger partial charge on any atom is 0.225 e. The summed E-state index contributed by atoms with van der Waals surface area (Å²) in [6.07, 6.45) is 3.71. The second kappa shape index (κ2) is 7.92. The van der Waals surface area contributed by atoms with E-state index in [-0.39, 0.29) is 10.8 Å². The molecule has 1 heterocycles. The summed E-state index contributed by atoms with van der Waals surface area (Å²) in [6, 6.07) is 9.85. The maximum atomic E-state index is 11.8. The van der Waals surface area contributed by atoms with Gasteiger partial charge in [0, 0.05) is 18.9 Å². The standard InChI is InChI=1S/C17H20N2O4S/c1-13-5-10-16(18-12-13)19-17(20)4-3-11-23-14-6-8-15(9-7-14)24(2,21)22/h5-10,12H,3-4,11H2,1-2H3,(H,18,19,20). The van der Waals surface area contributed by atoms with Crippen LogP contribution in [0.2, 0.25) is 0 Å². The van der Waals surface area contributed by atoms with Crippen molar-refractivity contribution in [2.45, 2.75) is 24.7 Å². The molecule has 0 fully saturated rings. The summed E-state index contributed by atoms with van der Waals surface area (Å²) >= 11 is 0. The molecule has 2 rings (SSSR count). The van der Waals surface area contributed by atoms with Crippen LogP contribution in [0.3, 0.4) is 0 Å². The smallest absolute Gasteiger partial charge is 0.225 e. The van der Waals surface area contributed by atoms with E-state index in [1.165, 1.54) is 12.1 Å². The fourth-order valence-corrected chi connectivity index (χ4v) is 2.58. The third-order valence-corrected chi connectivity index (χ3v) is 4.38. The number of nitrogens with zero attached hydrogens (tertiary/aromatic N) is 1. The van der Waals surface area contributed by atoms with E-state index in [9.17, 15) is 13.2 Å². The zero-order chi connectivity index (χ0) is 17.6. The zero-order valence-corrected chi connectivity index (χ0v) is 14.5. The van der Waals surface area contributed by atoms with Gasteiger partial charge in [0.05, 0.1) is 11.5 Å². The molecule has 128 valence electrons. The first kappa shape index (κ1) is 17.9. The van der Waals surface area contributed by atoms with Crippen molar-refractivity contribution in [2.24, 2.45) is 0 Å². The Morgan fingerprint density at radius 1 is 1.17 bits per heavy atom. The molecule has 1 N–H and O–H groups in total. The fourth-order valence-electron chi connectivity index (χ4n) is 1.95. The number of carbonyl (C=O) groups excluding carboxylic acids is 1. The van der Waals surface area contributed by atoms with Crippen LogP contribution in [0.15, 0.2) is 47.5 Å². The summed E-state index contributed by atoms with van der Waals surface area (Å²) in [6.45, 7) is 2.30. The minimum absolute atomic E-state index is 0.123. The summed E-state index contributed by atoms with van der Waals surface area (Å²) in [4.78, 5) is 16.2. The first-order valence-corrected chi connectivity index (χ1v) is 9.39. The average Bonchev–Trinajstić information content (AvgIpc) is 2.53. The van der Waals surface area contributed by atoms with Crippen LogP contribution in [0.25, 0.3) is 0 Å². The quantitative estimate of drug-likeness (QED) is 0.777. The number of hydrogen-bond donors (Lipinski definition) is 1. The van der Waals surface area contributed by atoms with Crippen LogP contribution in [0, 0.1) is 6.92 Å². The number of aryl methyl sites for hydroxylation is 1. The van der Waals surface area contributed by atoms with Crippen LogP contribution in [-0.2, 0) is 14.6 Å². The number of aromatic nitrogens is 1. The Balaban J connectivity index is 1.72. The van der Waals surface area contributed by atoms with Gasteiger partial charge < -0.3 is 10.1 Å². The molecule has 0 atom stereocenters. The molecule has 0 aliphatic heterocycles. The van der Waals surface area contributed by atoms with Gasteiger partial charge in [-0.05, 0) is 49.2 Å². The first-order valence-electron chi connectivity index (χ1n) is 7.50. The van der Waals surface area contributed by atoms with Gasteiger partial charge in [0.25, 0.3) is 0 Å². The summed E-state index contributed by atoms with van der Waals surface area (Å²) in [5.41, 5.74) is 1.03. The SMILES string of the molecule is Cc1ccc(NC(=O)CCCOc2ccc(S(C)(=O)=O)cc2)nc1. The van der Waals surface area contributed by atoms with Gasteiger partial charge in [-0.25, -0.2) is 13.4 Å². The zero-order valence-electron chi connectivity index (χ0n) is 13.7. The molecule has 1 aromatic heterocycles. The number of sulfone groups is 1. The largest absolute Gasteiger partial charge is 0.494 e. The van der Waals surface area contributed by atoms with Gasteiger partial charge in [0.15, 0.2) is 9.84 Å². The summed E-state index contributed by atoms with van der Waals surface area (Å²) in [5, 5.41) is 2.72. The summed E-state index contributed by atoms with van der Waals surface area (Å²) in [5.74, 6) is 0.980. The van der Waals surface area contributed by atoms with Crippen molar-refractivity contribution in [2.75, 3.05) is 18.2 Å². The molecule has 0 saturated carbocycles. The van der Waals surface area contributed by atoms with Crippen LogP contribution in [0.1, 0.15) is 18.4 Å². The molecule has 1 aromatic carbocycles. The predicted octanol–water partition coefficient (Wildman–Crippen LogP) is 2.59. The van der Waals surface area contributed by atoms with E-state index in [2.05, 4.69) is 10.3 Å². The third kappa shape index (κ3) is 5.66. The number of anilines is 1. The minimum Gasteiger partial charge on any atom is -0.494 e. The molecule has 2 aromatic rings. The molecule has 1 amide bonds. The lowest BCUT2D eigenvalue weighted by molar-refractivity contribution is -0.116. The van der Waals surface area contributed by atoms with Crippen LogP contribution in [0.4, 0.5) is 5.82 Å². The number of benzene rings is 1. The number of carbonyl (C=O) groups is 1. The number of rotatable bonds is 7. The van der Waals surface area contributed by atoms with Gasteiger partial charge >= 0.3 is 0 Å². The Bertz CT molecular complexity index is 784. The molecule has 24 heavy (non-hydrogen) atoms. The summed E-state index contributed by atoms with van der Waals surface area (Å²) < 4.78 is 28.2. The molecule has 0 aliphatic rings. The van der Waals surface area contributed by atoms with E-state index in [1.807, 2.05) is 13.0 Å². The average molecular weight is 348 g/mol. The van der Waals surface area contributed by atoms with Crippen molar-refractivity contribution in [3.63, 3.8) is 0 Å². The van der Waals surface area contributed by atoms with Crippen molar-refractivity contribution in [1.29, 1.82) is 0 Å². The maximum absolute atomic E-state index is 11.8. The van der Waals surface area contributed by atoms with E-state index >= 15 is 0 Å². The molecule has 7 heteroatoms. The number of nitrogens with one attached hydrogen (secondary N) is 1. The highest BCUT2D eigenvalue weighted by molar-refractivity contribution is 7.90. The lowest BCUT2D eigenvalue weighted by Crippen LogP contribution is -2.13. The van der Waals surface area contributed by atoms with Crippen LogP contribution in [-0.4, -0.2) is 32.2 Å². The van der Waals surface area contributed by atoms with E-state index in [0.29, 0.717) is 31.0 Å². The van der Waals surface area contributed by atoms with E-state index in [1.54, 1.807) is 24.4 Å². The third-order valence-electron chi connectivity index (χ3n) is 3.25. The monoisotopic (exact) mass is 348 g/mol. The Morgan fingerprint density at radius 2 is 1.88 bits per heavy atom. The number of amides is 1. The highest BCUT2D eigenvalue weighted by atomic mass is 32.2. The van der Waals surface area contributed by atoms with Gasteiger partial charge in [-0.15, -0.1) is 0 Å².